The zero-order chi connectivity index (χ0) is 56.3. The van der Waals surface area contributed by atoms with Crippen LogP contribution in [-0.4, -0.2) is 0 Å². The van der Waals surface area contributed by atoms with Crippen molar-refractivity contribution in [1.82, 2.24) is 0 Å². The minimum Gasteiger partial charge on any atom is -0.311 e. The highest BCUT2D eigenvalue weighted by Crippen LogP contribution is 2.43. The Morgan fingerprint density at radius 1 is 0.262 bits per heavy atom. The van der Waals surface area contributed by atoms with E-state index in [0.717, 1.165) is 68.4 Å². The lowest BCUT2D eigenvalue weighted by atomic mass is 9.81. The highest BCUT2D eigenvalue weighted by molar-refractivity contribution is 6.13. The van der Waals surface area contributed by atoms with Gasteiger partial charge in [0, 0.05) is 40.0 Å². The van der Waals surface area contributed by atoms with E-state index in [2.05, 4.69) is 368 Å². The summed E-state index contributed by atoms with van der Waals surface area (Å²) in [5.74, 6) is 0.0811. The van der Waals surface area contributed by atoms with E-state index >= 15 is 0 Å². The maximum atomic E-state index is 2.44. The molecule has 1 atom stereocenters. The molecule has 0 aliphatic rings. The summed E-state index contributed by atoms with van der Waals surface area (Å²) in [6, 6.07) is 118. The first kappa shape index (κ1) is 52.6. The van der Waals surface area contributed by atoms with Gasteiger partial charge in [0.25, 0.3) is 0 Å². The summed E-state index contributed by atoms with van der Waals surface area (Å²) in [6.45, 7) is 0. The fourth-order valence-corrected chi connectivity index (χ4v) is 11.7. The van der Waals surface area contributed by atoms with Gasteiger partial charge >= 0.3 is 0 Å². The molecule has 0 saturated carbocycles. The van der Waals surface area contributed by atoms with E-state index < -0.39 is 0 Å². The Morgan fingerprint density at radius 3 is 0.988 bits per heavy atom. The van der Waals surface area contributed by atoms with Crippen molar-refractivity contribution in [2.45, 2.75) is 12.3 Å². The van der Waals surface area contributed by atoms with Gasteiger partial charge in [-0.2, -0.15) is 0 Å². The van der Waals surface area contributed by atoms with E-state index in [1.54, 1.807) is 0 Å². The SMILES string of the molecule is C(=Cc1ccc(N(c2ccccc2)c2ccc(C(=Cc3c4ccccc4c(CC(c4ccccc4)c4ccc(N(c5ccccc5)c5ccc(C=Cc6ccccc6)cc5)cc4)c4ccccc34)c3ccccc3)cc2)cc1)c1ccccc1. The molecule has 0 fully saturated rings. The summed E-state index contributed by atoms with van der Waals surface area (Å²) in [5, 5.41) is 4.99. The Bertz CT molecular complexity index is 4310. The average Bonchev–Trinajstić information content (AvgIpc) is 3.60. The van der Waals surface area contributed by atoms with Gasteiger partial charge in [0.2, 0.25) is 0 Å². The van der Waals surface area contributed by atoms with Crippen molar-refractivity contribution in [3.05, 3.63) is 383 Å². The molecule has 84 heavy (non-hydrogen) atoms. The lowest BCUT2D eigenvalue weighted by Crippen LogP contribution is -2.11. The molecule has 400 valence electrons. The van der Waals surface area contributed by atoms with Crippen LogP contribution in [-0.2, 0) is 6.42 Å². The van der Waals surface area contributed by atoms with Crippen molar-refractivity contribution in [2.75, 3.05) is 9.80 Å². The maximum Gasteiger partial charge on any atom is 0.0462 e. The second kappa shape index (κ2) is 24.9. The molecule has 0 radical (unpaired) electrons. The van der Waals surface area contributed by atoms with Crippen LogP contribution in [0, 0.1) is 0 Å². The Morgan fingerprint density at radius 2 is 0.560 bits per heavy atom. The van der Waals surface area contributed by atoms with E-state index in [1.165, 1.54) is 54.9 Å². The smallest absolute Gasteiger partial charge is 0.0462 e. The summed E-state index contributed by atoms with van der Waals surface area (Å²) in [6.07, 6.45) is 11.9. The molecule has 13 aromatic carbocycles. The number of hydrogen-bond acceptors (Lipinski definition) is 2. The van der Waals surface area contributed by atoms with Crippen molar-refractivity contribution in [1.29, 1.82) is 0 Å². The average molecular weight is 1080 g/mol. The van der Waals surface area contributed by atoms with E-state index in [0.29, 0.717) is 0 Å². The monoisotopic (exact) mass is 1070 g/mol. The second-order valence-corrected chi connectivity index (χ2v) is 21.2. The third kappa shape index (κ3) is 11.7. The summed E-state index contributed by atoms with van der Waals surface area (Å²) < 4.78 is 0. The maximum absolute atomic E-state index is 2.44. The summed E-state index contributed by atoms with van der Waals surface area (Å²) in [5.41, 5.74) is 19.8. The molecule has 0 heterocycles. The van der Waals surface area contributed by atoms with Gasteiger partial charge in [-0.25, -0.2) is 0 Å². The van der Waals surface area contributed by atoms with E-state index in [1.807, 2.05) is 0 Å². The Hall–Kier alpha value is -10.8. The lowest BCUT2D eigenvalue weighted by molar-refractivity contribution is 0.814. The van der Waals surface area contributed by atoms with E-state index in [9.17, 15) is 0 Å². The van der Waals surface area contributed by atoms with Crippen LogP contribution in [0.3, 0.4) is 0 Å². The van der Waals surface area contributed by atoms with Gasteiger partial charge in [-0.15, -0.1) is 0 Å². The molecule has 2 nitrogen and oxygen atoms in total. The second-order valence-electron chi connectivity index (χ2n) is 21.2. The summed E-state index contributed by atoms with van der Waals surface area (Å²) in [7, 11) is 0. The predicted octanol–water partition coefficient (Wildman–Crippen LogP) is 22.2. The van der Waals surface area contributed by atoms with Crippen LogP contribution in [0.4, 0.5) is 34.1 Å². The molecule has 0 aromatic heterocycles. The molecule has 13 aromatic rings. The highest BCUT2D eigenvalue weighted by atomic mass is 15.1. The number of para-hydroxylation sites is 2. The van der Waals surface area contributed by atoms with Crippen molar-refractivity contribution in [3.63, 3.8) is 0 Å². The van der Waals surface area contributed by atoms with E-state index in [-0.39, 0.29) is 5.92 Å². The van der Waals surface area contributed by atoms with Crippen molar-refractivity contribution < 1.29 is 0 Å². The fraction of sp³-hybridized carbons (Fsp3) is 0.0244. The van der Waals surface area contributed by atoms with Crippen LogP contribution in [0.15, 0.2) is 328 Å². The molecule has 0 N–H and O–H groups in total. The zero-order valence-corrected chi connectivity index (χ0v) is 46.7. The van der Waals surface area contributed by atoms with Crippen LogP contribution >= 0.6 is 0 Å². The van der Waals surface area contributed by atoms with E-state index in [4.69, 9.17) is 0 Å². The molecular weight excluding hydrogens is 1010 g/mol. The molecule has 0 bridgehead atoms. The molecule has 0 saturated heterocycles. The minimum atomic E-state index is 0.0811. The van der Waals surface area contributed by atoms with Gasteiger partial charge in [-0.3, -0.25) is 0 Å². The highest BCUT2D eigenvalue weighted by Gasteiger charge is 2.22. The normalized spacial score (nSPS) is 12.0. The number of rotatable bonds is 17. The standard InChI is InChI=1S/C82H62N2/c1-7-23-61(24-8-1)39-41-63-43-51-71(52-44-63)83(69-31-15-5-16-32-69)73-55-47-67(48-56-73)79(65-27-11-3-12-28-65)59-81-75-35-19-21-37-77(75)82(78-38-22-20-36-76(78)81)60-80(66-29-13-4-14-30-66)68-49-57-74(58-50-68)84(70-33-17-6-18-34-70)72-53-45-64(46-54-72)42-40-62-25-9-2-10-26-62/h1-59,80H,60H2. The molecule has 0 spiro atoms. The number of anilines is 6. The third-order valence-electron chi connectivity index (χ3n) is 15.9. The molecular formula is C82H62N2. The van der Waals surface area contributed by atoms with Crippen LogP contribution in [0.25, 0.3) is 57.5 Å². The molecule has 0 aliphatic heterocycles. The zero-order valence-electron chi connectivity index (χ0n) is 46.7. The predicted molar refractivity (Wildman–Crippen MR) is 360 cm³/mol. The minimum absolute atomic E-state index is 0.0811. The number of nitrogens with zero attached hydrogens (tertiary/aromatic N) is 2. The Labute approximate surface area is 494 Å². The van der Waals surface area contributed by atoms with Gasteiger partial charge in [0.15, 0.2) is 0 Å². The molecule has 0 aliphatic carbocycles. The van der Waals surface area contributed by atoms with Crippen LogP contribution in [0.5, 0.6) is 0 Å². The van der Waals surface area contributed by atoms with Crippen LogP contribution in [0.1, 0.15) is 61.6 Å². The van der Waals surface area contributed by atoms with Crippen molar-refractivity contribution >= 4 is 91.6 Å². The third-order valence-corrected chi connectivity index (χ3v) is 15.9. The molecule has 2 heteroatoms. The van der Waals surface area contributed by atoms with Gasteiger partial charge in [-0.05, 0) is 168 Å². The lowest BCUT2D eigenvalue weighted by Gasteiger charge is -2.27. The number of hydrogen-bond donors (Lipinski definition) is 0. The quantitative estimate of drug-likeness (QED) is 0.0662. The molecule has 0 amide bonds. The van der Waals surface area contributed by atoms with Gasteiger partial charge in [-0.1, -0.05) is 279 Å². The first-order valence-corrected chi connectivity index (χ1v) is 29.0. The topological polar surface area (TPSA) is 6.48 Å². The van der Waals surface area contributed by atoms with Crippen molar-refractivity contribution in [3.8, 4) is 0 Å². The first-order chi connectivity index (χ1) is 41.7. The Kier molecular flexibility index (Phi) is 15.6. The molecule has 1 unspecified atom stereocenters. The number of benzene rings is 13. The van der Waals surface area contributed by atoms with Gasteiger partial charge in [0.05, 0.1) is 0 Å². The Balaban J connectivity index is 0.860. The van der Waals surface area contributed by atoms with Crippen molar-refractivity contribution in [2.24, 2.45) is 0 Å². The summed E-state index contributed by atoms with van der Waals surface area (Å²) >= 11 is 0. The number of fused-ring (bicyclic) bond motifs is 2. The van der Waals surface area contributed by atoms with Gasteiger partial charge < -0.3 is 9.80 Å². The largest absolute Gasteiger partial charge is 0.311 e. The van der Waals surface area contributed by atoms with Crippen LogP contribution in [0.2, 0.25) is 0 Å². The molecule has 13 rings (SSSR count). The van der Waals surface area contributed by atoms with Crippen LogP contribution < -0.4 is 9.80 Å². The fourth-order valence-electron chi connectivity index (χ4n) is 11.7. The van der Waals surface area contributed by atoms with Gasteiger partial charge in [0.1, 0.15) is 0 Å². The first-order valence-electron chi connectivity index (χ1n) is 29.0. The summed E-state index contributed by atoms with van der Waals surface area (Å²) in [4.78, 5) is 4.69.